The first-order valence-corrected chi connectivity index (χ1v) is 8.95. The summed E-state index contributed by atoms with van der Waals surface area (Å²) in [5.74, 6) is -1.13. The van der Waals surface area contributed by atoms with Gasteiger partial charge >= 0.3 is 0 Å². The van der Waals surface area contributed by atoms with Gasteiger partial charge in [-0.05, 0) is 69.5 Å². The molecular weight excluding hydrogens is 358 g/mol. The van der Waals surface area contributed by atoms with E-state index < -0.39 is 11.6 Å². The van der Waals surface area contributed by atoms with Crippen LogP contribution < -0.4 is 0 Å². The van der Waals surface area contributed by atoms with E-state index in [1.807, 2.05) is 19.0 Å². The van der Waals surface area contributed by atoms with Crippen molar-refractivity contribution < 1.29 is 13.6 Å². The Labute approximate surface area is 161 Å². The molecule has 6 heteroatoms. The fourth-order valence-corrected chi connectivity index (χ4v) is 3.21. The Kier molecular flexibility index (Phi) is 9.23. The molecule has 0 aromatic heterocycles. The molecule has 26 heavy (non-hydrogen) atoms. The van der Waals surface area contributed by atoms with Gasteiger partial charge in [-0.1, -0.05) is 13.0 Å². The van der Waals surface area contributed by atoms with Crippen LogP contribution >= 0.6 is 12.4 Å². The quantitative estimate of drug-likeness (QED) is 0.678. The Balaban J connectivity index is 0.00000338. The van der Waals surface area contributed by atoms with Gasteiger partial charge in [0.25, 0.3) is 0 Å². The molecule has 1 aromatic rings. The van der Waals surface area contributed by atoms with Crippen molar-refractivity contribution in [3.8, 4) is 0 Å². The van der Waals surface area contributed by atoms with Gasteiger partial charge in [0, 0.05) is 25.2 Å². The molecule has 1 aliphatic rings. The summed E-state index contributed by atoms with van der Waals surface area (Å²) < 4.78 is 26.3. The average molecular weight is 387 g/mol. The van der Waals surface area contributed by atoms with Crippen molar-refractivity contribution in [2.24, 2.45) is 5.92 Å². The van der Waals surface area contributed by atoms with Crippen molar-refractivity contribution in [3.05, 3.63) is 41.5 Å². The zero-order valence-electron chi connectivity index (χ0n) is 15.8. The molecular formula is C20H29ClF2N2O. The van der Waals surface area contributed by atoms with Crippen LogP contribution in [0.5, 0.6) is 0 Å². The molecule has 1 saturated carbocycles. The number of benzene rings is 1. The maximum absolute atomic E-state index is 13.3. The number of carbonyl (C=O) groups excluding carboxylic acids is 1. The zero-order chi connectivity index (χ0) is 18.4. The Bertz CT molecular complexity index is 614. The molecule has 0 radical (unpaired) electrons. The molecule has 0 unspecified atom stereocenters. The monoisotopic (exact) mass is 386 g/mol. The van der Waals surface area contributed by atoms with Crippen LogP contribution in [0.4, 0.5) is 8.78 Å². The topological polar surface area (TPSA) is 23.6 Å². The molecule has 0 bridgehead atoms. The normalized spacial score (nSPS) is 20.2. The minimum Gasteiger partial charge on any atom is -0.335 e. The molecule has 2 rings (SSSR count). The van der Waals surface area contributed by atoms with Crippen LogP contribution in [0.2, 0.25) is 0 Å². The first-order chi connectivity index (χ1) is 11.9. The predicted octanol–water partition coefficient (Wildman–Crippen LogP) is 4.37. The van der Waals surface area contributed by atoms with Crippen LogP contribution in [0.15, 0.2) is 24.3 Å². The molecule has 3 nitrogen and oxygen atoms in total. The number of hydrogen-bond acceptors (Lipinski definition) is 2. The lowest BCUT2D eigenvalue weighted by Crippen LogP contribution is -2.44. The Morgan fingerprint density at radius 2 is 1.77 bits per heavy atom. The molecule has 1 fully saturated rings. The zero-order valence-corrected chi connectivity index (χ0v) is 16.6. The lowest BCUT2D eigenvalue weighted by atomic mass is 9.86. The van der Waals surface area contributed by atoms with Crippen molar-refractivity contribution in [3.63, 3.8) is 0 Å². The first kappa shape index (κ1) is 22.6. The van der Waals surface area contributed by atoms with Gasteiger partial charge < -0.3 is 9.80 Å². The number of halogens is 3. The third kappa shape index (κ3) is 6.69. The summed E-state index contributed by atoms with van der Waals surface area (Å²) in [6.07, 6.45) is 7.37. The molecule has 1 aromatic carbocycles. The van der Waals surface area contributed by atoms with Gasteiger partial charge in [0.15, 0.2) is 11.6 Å². The first-order valence-electron chi connectivity index (χ1n) is 8.95. The maximum atomic E-state index is 13.3. The van der Waals surface area contributed by atoms with Crippen molar-refractivity contribution >= 4 is 24.4 Å². The van der Waals surface area contributed by atoms with Crippen LogP contribution in [0.1, 0.15) is 38.2 Å². The number of likely N-dealkylation sites (N-methyl/N-ethyl adjacent to an activating group) is 1. The molecule has 0 aliphatic heterocycles. The highest BCUT2D eigenvalue weighted by Gasteiger charge is 2.26. The Hall–Kier alpha value is -1.46. The molecule has 1 aliphatic carbocycles. The Morgan fingerprint density at radius 3 is 2.35 bits per heavy atom. The van der Waals surface area contributed by atoms with Gasteiger partial charge in [-0.3, -0.25) is 4.79 Å². The fraction of sp³-hybridized carbons (Fsp3) is 0.550. The van der Waals surface area contributed by atoms with Crippen LogP contribution in [-0.2, 0) is 4.79 Å². The molecule has 0 heterocycles. The maximum Gasteiger partial charge on any atom is 0.246 e. The van der Waals surface area contributed by atoms with Gasteiger partial charge in [0.2, 0.25) is 5.91 Å². The van der Waals surface area contributed by atoms with Gasteiger partial charge in [-0.25, -0.2) is 8.78 Å². The molecule has 0 saturated heterocycles. The summed E-state index contributed by atoms with van der Waals surface area (Å²) in [6.45, 7) is 3.73. The molecule has 146 valence electrons. The number of rotatable bonds is 6. The van der Waals surface area contributed by atoms with E-state index in [2.05, 4.69) is 11.8 Å². The summed E-state index contributed by atoms with van der Waals surface area (Å²) in [7, 11) is 3.98. The van der Waals surface area contributed by atoms with E-state index >= 15 is 0 Å². The van der Waals surface area contributed by atoms with E-state index in [1.165, 1.54) is 12.1 Å². The summed E-state index contributed by atoms with van der Waals surface area (Å²) in [5.41, 5.74) is 0.483. The van der Waals surface area contributed by atoms with Gasteiger partial charge in [-0.15, -0.1) is 12.4 Å². The van der Waals surface area contributed by atoms with Crippen LogP contribution in [0, 0.1) is 17.6 Å². The third-order valence-corrected chi connectivity index (χ3v) is 4.86. The minimum absolute atomic E-state index is 0. The van der Waals surface area contributed by atoms with Crippen LogP contribution in [0.25, 0.3) is 6.08 Å². The highest BCUT2D eigenvalue weighted by atomic mass is 35.5. The second-order valence-corrected chi connectivity index (χ2v) is 7.26. The summed E-state index contributed by atoms with van der Waals surface area (Å²) in [4.78, 5) is 16.7. The molecule has 0 atom stereocenters. The second kappa shape index (κ2) is 10.6. The van der Waals surface area contributed by atoms with Crippen molar-refractivity contribution in [1.82, 2.24) is 9.80 Å². The summed E-state index contributed by atoms with van der Waals surface area (Å²) in [5, 5.41) is 0. The second-order valence-electron chi connectivity index (χ2n) is 7.26. The Morgan fingerprint density at radius 1 is 1.12 bits per heavy atom. The number of nitrogens with zero attached hydrogens (tertiary/aromatic N) is 2. The number of hydrogen-bond donors (Lipinski definition) is 0. The van der Waals surface area contributed by atoms with Crippen LogP contribution in [0.3, 0.4) is 0 Å². The van der Waals surface area contributed by atoms with E-state index in [4.69, 9.17) is 0 Å². The van der Waals surface area contributed by atoms with Gasteiger partial charge in [0.05, 0.1) is 0 Å². The van der Waals surface area contributed by atoms with Crippen molar-refractivity contribution in [2.75, 3.05) is 27.2 Å². The van der Waals surface area contributed by atoms with Crippen molar-refractivity contribution in [2.45, 2.75) is 38.6 Å². The minimum atomic E-state index is -0.902. The predicted molar refractivity (Wildman–Crippen MR) is 104 cm³/mol. The van der Waals surface area contributed by atoms with E-state index in [9.17, 15) is 13.6 Å². The van der Waals surface area contributed by atoms with Crippen molar-refractivity contribution in [1.29, 1.82) is 0 Å². The van der Waals surface area contributed by atoms with E-state index in [1.54, 1.807) is 6.08 Å². The molecule has 0 N–H and O–H groups in total. The number of amides is 1. The highest BCUT2D eigenvalue weighted by molar-refractivity contribution is 5.92. The lowest BCUT2D eigenvalue weighted by molar-refractivity contribution is -0.129. The SMILES string of the molecule is CN(C)CCN(C(=O)C=Cc1ccc(F)c(F)c1)[C@H]1CC[C@H](C)CC1.Cl. The smallest absolute Gasteiger partial charge is 0.246 e. The third-order valence-electron chi connectivity index (χ3n) is 4.86. The van der Waals surface area contributed by atoms with E-state index in [0.717, 1.165) is 50.3 Å². The van der Waals surface area contributed by atoms with E-state index in [-0.39, 0.29) is 24.4 Å². The van der Waals surface area contributed by atoms with Gasteiger partial charge in [-0.2, -0.15) is 0 Å². The van der Waals surface area contributed by atoms with Crippen LogP contribution in [-0.4, -0.2) is 48.9 Å². The van der Waals surface area contributed by atoms with E-state index in [0.29, 0.717) is 12.1 Å². The largest absolute Gasteiger partial charge is 0.335 e. The summed E-state index contributed by atoms with van der Waals surface area (Å²) >= 11 is 0. The fourth-order valence-electron chi connectivity index (χ4n) is 3.21. The highest BCUT2D eigenvalue weighted by Crippen LogP contribution is 2.27. The lowest BCUT2D eigenvalue weighted by Gasteiger charge is -2.36. The molecule has 1 amide bonds. The average Bonchev–Trinajstić information content (AvgIpc) is 2.57. The molecule has 0 spiro atoms. The standard InChI is InChI=1S/C20H28F2N2O.ClH/c1-15-4-8-17(9-5-15)24(13-12-23(2)3)20(25)11-7-16-6-10-18(21)19(22)14-16;/h6-7,10-11,14-15,17H,4-5,8-9,12-13H2,1-3H3;1H/t15-,17-;. The number of carbonyl (C=O) groups is 1. The van der Waals surface area contributed by atoms with Gasteiger partial charge in [0.1, 0.15) is 0 Å². The summed E-state index contributed by atoms with van der Waals surface area (Å²) in [6, 6.07) is 3.91.